The SMILES string of the molecule is NNc1cc(C(F)(F)F)cc(NCCCC2CCCC2)n1. The van der Waals surface area contributed by atoms with Crippen LogP contribution in [0.25, 0.3) is 0 Å². The molecule has 1 saturated carbocycles. The fourth-order valence-electron chi connectivity index (χ4n) is 2.76. The summed E-state index contributed by atoms with van der Waals surface area (Å²) >= 11 is 0. The number of aromatic nitrogens is 1. The lowest BCUT2D eigenvalue weighted by Crippen LogP contribution is -2.14. The van der Waals surface area contributed by atoms with Crippen molar-refractivity contribution in [3.05, 3.63) is 17.7 Å². The summed E-state index contributed by atoms with van der Waals surface area (Å²) in [5.41, 5.74) is 1.40. The van der Waals surface area contributed by atoms with Crippen molar-refractivity contribution >= 4 is 11.6 Å². The summed E-state index contributed by atoms with van der Waals surface area (Å²) in [7, 11) is 0. The lowest BCUT2D eigenvalue weighted by molar-refractivity contribution is -0.137. The Balaban J connectivity index is 1.89. The molecule has 4 N–H and O–H groups in total. The monoisotopic (exact) mass is 302 g/mol. The minimum absolute atomic E-state index is 0.00289. The molecular weight excluding hydrogens is 281 g/mol. The molecule has 0 spiro atoms. The number of halogens is 3. The fraction of sp³-hybridized carbons (Fsp3) is 0.643. The third kappa shape index (κ3) is 4.77. The van der Waals surface area contributed by atoms with E-state index in [1.807, 2.05) is 0 Å². The first-order chi connectivity index (χ1) is 9.99. The van der Waals surface area contributed by atoms with Crippen molar-refractivity contribution < 1.29 is 13.2 Å². The van der Waals surface area contributed by atoms with Gasteiger partial charge in [0.15, 0.2) is 0 Å². The zero-order chi connectivity index (χ0) is 15.3. The molecule has 2 rings (SSSR count). The number of hydrazine groups is 1. The second-order valence-corrected chi connectivity index (χ2v) is 5.49. The smallest absolute Gasteiger partial charge is 0.370 e. The van der Waals surface area contributed by atoms with Crippen molar-refractivity contribution in [2.24, 2.45) is 11.8 Å². The fourth-order valence-corrected chi connectivity index (χ4v) is 2.76. The van der Waals surface area contributed by atoms with E-state index in [1.165, 1.54) is 25.7 Å². The van der Waals surface area contributed by atoms with Crippen molar-refractivity contribution in [3.63, 3.8) is 0 Å². The molecule has 0 amide bonds. The highest BCUT2D eigenvalue weighted by atomic mass is 19.4. The van der Waals surface area contributed by atoms with Crippen molar-refractivity contribution in [2.45, 2.75) is 44.7 Å². The van der Waals surface area contributed by atoms with Gasteiger partial charge in [-0.25, -0.2) is 10.8 Å². The molecule has 0 radical (unpaired) electrons. The molecule has 1 aromatic rings. The Labute approximate surface area is 122 Å². The van der Waals surface area contributed by atoms with Crippen LogP contribution in [0, 0.1) is 5.92 Å². The number of rotatable bonds is 6. The molecular formula is C14H21F3N4. The molecule has 1 fully saturated rings. The van der Waals surface area contributed by atoms with Crippen molar-refractivity contribution in [1.29, 1.82) is 0 Å². The van der Waals surface area contributed by atoms with Crippen molar-refractivity contribution in [2.75, 3.05) is 17.3 Å². The molecule has 0 atom stereocenters. The first-order valence-corrected chi connectivity index (χ1v) is 7.29. The first kappa shape index (κ1) is 15.9. The van der Waals surface area contributed by atoms with E-state index in [-0.39, 0.29) is 11.6 Å². The standard InChI is InChI=1S/C14H21F3N4/c15-14(16,17)11-8-12(20-13(9-11)21-18)19-7-3-6-10-4-1-2-5-10/h8-10H,1-7,18H2,(H2,19,20,21). The highest BCUT2D eigenvalue weighted by Crippen LogP contribution is 2.32. The number of nitrogen functional groups attached to an aromatic ring is 1. The summed E-state index contributed by atoms with van der Waals surface area (Å²) in [5, 5.41) is 2.95. The normalized spacial score (nSPS) is 16.2. The first-order valence-electron chi connectivity index (χ1n) is 7.29. The van der Waals surface area contributed by atoms with E-state index in [0.717, 1.165) is 30.9 Å². The van der Waals surface area contributed by atoms with Gasteiger partial charge in [-0.15, -0.1) is 0 Å². The Hall–Kier alpha value is -1.50. The minimum Gasteiger partial charge on any atom is -0.370 e. The number of nitrogens with two attached hydrogens (primary N) is 1. The van der Waals surface area contributed by atoms with Crippen LogP contribution in [0.5, 0.6) is 0 Å². The maximum absolute atomic E-state index is 12.8. The van der Waals surface area contributed by atoms with Gasteiger partial charge in [0.1, 0.15) is 11.6 Å². The van der Waals surface area contributed by atoms with Crippen molar-refractivity contribution in [3.8, 4) is 0 Å². The molecule has 0 unspecified atom stereocenters. The molecule has 1 aromatic heterocycles. The van der Waals surface area contributed by atoms with Gasteiger partial charge in [-0.2, -0.15) is 13.2 Å². The Morgan fingerprint density at radius 1 is 1.19 bits per heavy atom. The maximum atomic E-state index is 12.8. The van der Waals surface area contributed by atoms with Gasteiger partial charge < -0.3 is 10.7 Å². The summed E-state index contributed by atoms with van der Waals surface area (Å²) in [5.74, 6) is 6.14. The molecule has 0 aromatic carbocycles. The number of alkyl halides is 3. The van der Waals surface area contributed by atoms with Gasteiger partial charge in [0.2, 0.25) is 0 Å². The van der Waals surface area contributed by atoms with Gasteiger partial charge in [-0.3, -0.25) is 0 Å². The number of nitrogens with one attached hydrogen (secondary N) is 2. The van der Waals surface area contributed by atoms with Gasteiger partial charge in [0, 0.05) is 6.54 Å². The maximum Gasteiger partial charge on any atom is 0.416 e. The Bertz CT molecular complexity index is 456. The molecule has 1 aliphatic rings. The van der Waals surface area contributed by atoms with Crippen LogP contribution in [0.15, 0.2) is 12.1 Å². The van der Waals surface area contributed by atoms with Crippen LogP contribution in [0.1, 0.15) is 44.1 Å². The van der Waals surface area contributed by atoms with Crippen molar-refractivity contribution in [1.82, 2.24) is 4.98 Å². The molecule has 0 aliphatic heterocycles. The average molecular weight is 302 g/mol. The van der Waals surface area contributed by atoms with E-state index in [4.69, 9.17) is 5.84 Å². The van der Waals surface area contributed by atoms with E-state index < -0.39 is 11.7 Å². The lowest BCUT2D eigenvalue weighted by Gasteiger charge is -2.13. The second kappa shape index (κ2) is 6.98. The lowest BCUT2D eigenvalue weighted by atomic mass is 10.0. The predicted molar refractivity (Wildman–Crippen MR) is 76.7 cm³/mol. The molecule has 1 aliphatic carbocycles. The molecule has 0 saturated heterocycles. The van der Waals surface area contributed by atoms with E-state index in [9.17, 15) is 13.2 Å². The van der Waals surface area contributed by atoms with Gasteiger partial charge in [-0.05, 0) is 30.9 Å². The van der Waals surface area contributed by atoms with E-state index in [1.54, 1.807) is 0 Å². The van der Waals surface area contributed by atoms with Crippen LogP contribution in [0.2, 0.25) is 0 Å². The summed E-state index contributed by atoms with van der Waals surface area (Å²) in [4.78, 5) is 3.99. The average Bonchev–Trinajstić information content (AvgIpc) is 2.95. The van der Waals surface area contributed by atoms with E-state index in [2.05, 4.69) is 15.7 Å². The van der Waals surface area contributed by atoms with Gasteiger partial charge >= 0.3 is 6.18 Å². The van der Waals surface area contributed by atoms with Crippen LogP contribution in [-0.2, 0) is 6.18 Å². The molecule has 21 heavy (non-hydrogen) atoms. The topological polar surface area (TPSA) is 63.0 Å². The zero-order valence-corrected chi connectivity index (χ0v) is 11.8. The quantitative estimate of drug-likeness (QED) is 0.425. The van der Waals surface area contributed by atoms with Crippen LogP contribution < -0.4 is 16.6 Å². The van der Waals surface area contributed by atoms with Crippen LogP contribution in [0.4, 0.5) is 24.8 Å². The number of pyridine rings is 1. The summed E-state index contributed by atoms with van der Waals surface area (Å²) in [6, 6.07) is 1.90. The van der Waals surface area contributed by atoms with Gasteiger partial charge in [0.25, 0.3) is 0 Å². The molecule has 4 nitrogen and oxygen atoms in total. The summed E-state index contributed by atoms with van der Waals surface area (Å²) < 4.78 is 38.3. The highest BCUT2D eigenvalue weighted by Gasteiger charge is 2.31. The van der Waals surface area contributed by atoms with Gasteiger partial charge in [0.05, 0.1) is 5.56 Å². The number of hydrogen-bond donors (Lipinski definition) is 3. The molecule has 1 heterocycles. The van der Waals surface area contributed by atoms with Crippen LogP contribution in [0.3, 0.4) is 0 Å². The molecule has 0 bridgehead atoms. The third-order valence-electron chi connectivity index (χ3n) is 3.87. The number of hydrogen-bond acceptors (Lipinski definition) is 4. The Kier molecular flexibility index (Phi) is 5.27. The highest BCUT2D eigenvalue weighted by molar-refractivity contribution is 5.49. The zero-order valence-electron chi connectivity index (χ0n) is 11.8. The van der Waals surface area contributed by atoms with Crippen LogP contribution in [-0.4, -0.2) is 11.5 Å². The number of nitrogens with zero attached hydrogens (tertiary/aromatic N) is 1. The second-order valence-electron chi connectivity index (χ2n) is 5.49. The Morgan fingerprint density at radius 3 is 2.48 bits per heavy atom. The number of anilines is 2. The summed E-state index contributed by atoms with van der Waals surface area (Å²) in [6.07, 6.45) is 2.82. The molecule has 118 valence electrons. The van der Waals surface area contributed by atoms with Gasteiger partial charge in [-0.1, -0.05) is 25.7 Å². The van der Waals surface area contributed by atoms with E-state index in [0.29, 0.717) is 6.54 Å². The Morgan fingerprint density at radius 2 is 1.86 bits per heavy atom. The third-order valence-corrected chi connectivity index (χ3v) is 3.87. The summed E-state index contributed by atoms with van der Waals surface area (Å²) in [6.45, 7) is 0.620. The van der Waals surface area contributed by atoms with Crippen LogP contribution >= 0.6 is 0 Å². The largest absolute Gasteiger partial charge is 0.416 e. The molecule has 7 heteroatoms. The van der Waals surface area contributed by atoms with E-state index >= 15 is 0 Å². The predicted octanol–water partition coefficient (Wildman–Crippen LogP) is 3.77. The minimum atomic E-state index is -4.41.